The van der Waals surface area contributed by atoms with Gasteiger partial charge in [-0.3, -0.25) is 4.90 Å². The lowest BCUT2D eigenvalue weighted by Gasteiger charge is -2.42. The Bertz CT molecular complexity index is 708. The van der Waals surface area contributed by atoms with Crippen molar-refractivity contribution in [1.29, 1.82) is 0 Å². The van der Waals surface area contributed by atoms with Gasteiger partial charge >= 0.3 is 0 Å². The Labute approximate surface area is 162 Å². The Morgan fingerprint density at radius 3 is 2.38 bits per heavy atom. The molecule has 26 heavy (non-hydrogen) atoms. The first-order valence-corrected chi connectivity index (χ1v) is 9.76. The summed E-state index contributed by atoms with van der Waals surface area (Å²) in [5.74, 6) is 0.176. The van der Waals surface area contributed by atoms with Gasteiger partial charge < -0.3 is 9.84 Å². The van der Waals surface area contributed by atoms with E-state index in [4.69, 9.17) is 4.74 Å². The van der Waals surface area contributed by atoms with E-state index in [-0.39, 0.29) is 18.3 Å². The average Bonchev–Trinajstić information content (AvgIpc) is 2.67. The second-order valence-corrected chi connectivity index (χ2v) is 7.74. The SMILES string of the molecule is Cl.OC1(C(CN2CCOCC2)c2ccc3ccccc3c2)CCCCC1. The van der Waals surface area contributed by atoms with Crippen molar-refractivity contribution >= 4 is 23.2 Å². The number of ether oxygens (including phenoxy) is 1. The zero-order chi connectivity index (χ0) is 17.1. The lowest BCUT2D eigenvalue weighted by atomic mass is 9.72. The van der Waals surface area contributed by atoms with Crippen molar-refractivity contribution in [2.24, 2.45) is 0 Å². The van der Waals surface area contributed by atoms with Crippen LogP contribution in [0.25, 0.3) is 10.8 Å². The van der Waals surface area contributed by atoms with Gasteiger partial charge in [0, 0.05) is 25.6 Å². The summed E-state index contributed by atoms with van der Waals surface area (Å²) < 4.78 is 5.51. The summed E-state index contributed by atoms with van der Waals surface area (Å²) in [6.45, 7) is 4.49. The van der Waals surface area contributed by atoms with E-state index in [1.807, 2.05) is 0 Å². The molecule has 0 spiro atoms. The molecule has 2 aromatic rings. The first-order valence-electron chi connectivity index (χ1n) is 9.76. The molecule has 1 N–H and O–H groups in total. The number of fused-ring (bicyclic) bond motifs is 1. The zero-order valence-corrected chi connectivity index (χ0v) is 16.2. The molecule has 4 heteroatoms. The fourth-order valence-corrected chi connectivity index (χ4v) is 4.56. The molecular weight excluding hydrogens is 346 g/mol. The van der Waals surface area contributed by atoms with Crippen molar-refractivity contribution in [3.63, 3.8) is 0 Å². The Morgan fingerprint density at radius 1 is 0.962 bits per heavy atom. The molecule has 142 valence electrons. The van der Waals surface area contributed by atoms with Gasteiger partial charge in [-0.25, -0.2) is 0 Å². The van der Waals surface area contributed by atoms with Gasteiger partial charge in [0.1, 0.15) is 0 Å². The number of nitrogens with zero attached hydrogens (tertiary/aromatic N) is 1. The normalized spacial score (nSPS) is 21.9. The van der Waals surface area contributed by atoms with Crippen molar-refractivity contribution in [3.8, 4) is 0 Å². The van der Waals surface area contributed by atoms with Crippen LogP contribution in [0, 0.1) is 0 Å². The third-order valence-electron chi connectivity index (χ3n) is 6.09. The summed E-state index contributed by atoms with van der Waals surface area (Å²) in [7, 11) is 0. The monoisotopic (exact) mass is 375 g/mol. The smallest absolute Gasteiger partial charge is 0.0728 e. The van der Waals surface area contributed by atoms with Gasteiger partial charge in [-0.1, -0.05) is 61.7 Å². The number of benzene rings is 2. The van der Waals surface area contributed by atoms with Crippen LogP contribution in [0.3, 0.4) is 0 Å². The third kappa shape index (κ3) is 4.23. The Balaban J connectivity index is 0.00000196. The first-order chi connectivity index (χ1) is 12.2. The molecular formula is C22H30ClNO2. The van der Waals surface area contributed by atoms with E-state index >= 15 is 0 Å². The number of hydrogen-bond donors (Lipinski definition) is 1. The number of aliphatic hydroxyl groups is 1. The van der Waals surface area contributed by atoms with Gasteiger partial charge in [-0.05, 0) is 29.2 Å². The van der Waals surface area contributed by atoms with Crippen LogP contribution in [-0.2, 0) is 4.74 Å². The van der Waals surface area contributed by atoms with Gasteiger partial charge in [0.05, 0.1) is 18.8 Å². The van der Waals surface area contributed by atoms with Gasteiger partial charge in [-0.2, -0.15) is 0 Å². The Kier molecular flexibility index (Phi) is 6.57. The molecule has 0 amide bonds. The van der Waals surface area contributed by atoms with Gasteiger partial charge in [0.2, 0.25) is 0 Å². The summed E-state index contributed by atoms with van der Waals surface area (Å²) >= 11 is 0. The molecule has 2 fully saturated rings. The molecule has 3 nitrogen and oxygen atoms in total. The Morgan fingerprint density at radius 2 is 1.65 bits per heavy atom. The highest BCUT2D eigenvalue weighted by atomic mass is 35.5. The molecule has 0 bridgehead atoms. The molecule has 1 saturated heterocycles. The molecule has 1 aliphatic carbocycles. The second-order valence-electron chi connectivity index (χ2n) is 7.74. The van der Waals surface area contributed by atoms with E-state index in [0.717, 1.165) is 58.5 Å². The number of hydrogen-bond acceptors (Lipinski definition) is 3. The quantitative estimate of drug-likeness (QED) is 0.861. The summed E-state index contributed by atoms with van der Waals surface area (Å²) in [6, 6.07) is 15.3. The van der Waals surface area contributed by atoms with E-state index in [1.165, 1.54) is 22.8 Å². The van der Waals surface area contributed by atoms with E-state index in [2.05, 4.69) is 47.4 Å². The van der Waals surface area contributed by atoms with Crippen molar-refractivity contribution < 1.29 is 9.84 Å². The van der Waals surface area contributed by atoms with Crippen LogP contribution < -0.4 is 0 Å². The van der Waals surface area contributed by atoms with Crippen molar-refractivity contribution in [3.05, 3.63) is 48.0 Å². The minimum Gasteiger partial charge on any atom is -0.389 e. The average molecular weight is 376 g/mol. The van der Waals surface area contributed by atoms with Crippen LogP contribution >= 0.6 is 12.4 Å². The number of rotatable bonds is 4. The predicted molar refractivity (Wildman–Crippen MR) is 109 cm³/mol. The van der Waals surface area contributed by atoms with Crippen LogP contribution in [0.5, 0.6) is 0 Å². The predicted octanol–water partition coefficient (Wildman–Crippen LogP) is 4.37. The third-order valence-corrected chi connectivity index (χ3v) is 6.09. The van der Waals surface area contributed by atoms with Gasteiger partial charge in [0.25, 0.3) is 0 Å². The van der Waals surface area contributed by atoms with Gasteiger partial charge in [0.15, 0.2) is 0 Å². The minimum absolute atomic E-state index is 0. The van der Waals surface area contributed by atoms with Crippen LogP contribution in [-0.4, -0.2) is 48.5 Å². The molecule has 0 radical (unpaired) electrons. The lowest BCUT2D eigenvalue weighted by Crippen LogP contribution is -2.47. The fraction of sp³-hybridized carbons (Fsp3) is 0.545. The number of morpholine rings is 1. The highest BCUT2D eigenvalue weighted by Crippen LogP contribution is 2.41. The van der Waals surface area contributed by atoms with Crippen molar-refractivity contribution in [2.75, 3.05) is 32.8 Å². The van der Waals surface area contributed by atoms with Crippen molar-refractivity contribution in [1.82, 2.24) is 4.90 Å². The highest BCUT2D eigenvalue weighted by Gasteiger charge is 2.39. The largest absolute Gasteiger partial charge is 0.389 e. The van der Waals surface area contributed by atoms with E-state index < -0.39 is 5.60 Å². The maximum Gasteiger partial charge on any atom is 0.0728 e. The van der Waals surface area contributed by atoms with Crippen LogP contribution in [0.2, 0.25) is 0 Å². The molecule has 2 aliphatic rings. The van der Waals surface area contributed by atoms with Crippen LogP contribution in [0.4, 0.5) is 0 Å². The molecule has 2 aromatic carbocycles. The lowest BCUT2D eigenvalue weighted by molar-refractivity contribution is -0.0413. The summed E-state index contributed by atoms with van der Waals surface area (Å²) in [4.78, 5) is 2.47. The van der Waals surface area contributed by atoms with Crippen LogP contribution in [0.1, 0.15) is 43.6 Å². The van der Waals surface area contributed by atoms with Gasteiger partial charge in [-0.15, -0.1) is 12.4 Å². The molecule has 1 atom stereocenters. The maximum atomic E-state index is 11.5. The van der Waals surface area contributed by atoms with E-state index in [1.54, 1.807) is 0 Å². The topological polar surface area (TPSA) is 32.7 Å². The fourth-order valence-electron chi connectivity index (χ4n) is 4.56. The molecule has 1 unspecified atom stereocenters. The second kappa shape index (κ2) is 8.71. The zero-order valence-electron chi connectivity index (χ0n) is 15.4. The molecule has 1 saturated carbocycles. The molecule has 1 heterocycles. The van der Waals surface area contributed by atoms with Crippen LogP contribution in [0.15, 0.2) is 42.5 Å². The number of halogens is 1. The minimum atomic E-state index is -0.570. The molecule has 0 aromatic heterocycles. The first kappa shape index (κ1) is 19.6. The van der Waals surface area contributed by atoms with Crippen molar-refractivity contribution in [2.45, 2.75) is 43.6 Å². The molecule has 4 rings (SSSR count). The Hall–Kier alpha value is -1.13. The van der Waals surface area contributed by atoms with E-state index in [0.29, 0.717) is 0 Å². The maximum absolute atomic E-state index is 11.5. The summed E-state index contributed by atoms with van der Waals surface area (Å²) in [5, 5.41) is 14.1. The summed E-state index contributed by atoms with van der Waals surface area (Å²) in [6.07, 6.45) is 5.39. The summed E-state index contributed by atoms with van der Waals surface area (Å²) in [5.41, 5.74) is 0.716. The molecule has 1 aliphatic heterocycles. The standard InChI is InChI=1S/C22H29NO2.ClH/c24-22(10-4-1-5-11-22)21(17-23-12-14-25-15-13-23)20-9-8-18-6-2-3-7-19(18)16-20;/h2-3,6-9,16,21,24H,1,4-5,10-15,17H2;1H. The van der Waals surface area contributed by atoms with E-state index in [9.17, 15) is 5.11 Å². The highest BCUT2D eigenvalue weighted by molar-refractivity contribution is 5.85.